The number of piperidine rings is 1. The summed E-state index contributed by atoms with van der Waals surface area (Å²) in [6.45, 7) is 9.77. The van der Waals surface area contributed by atoms with E-state index < -0.39 is 0 Å². The largest absolute Gasteiger partial charge is 0.380 e. The van der Waals surface area contributed by atoms with Crippen LogP contribution in [0.1, 0.15) is 26.7 Å². The highest BCUT2D eigenvalue weighted by Gasteiger charge is 2.36. The van der Waals surface area contributed by atoms with Crippen LogP contribution >= 0.6 is 0 Å². The molecule has 0 aromatic rings. The maximum absolute atomic E-state index is 5.53. The van der Waals surface area contributed by atoms with Crippen molar-refractivity contribution in [3.05, 3.63) is 0 Å². The average molecular weight is 212 g/mol. The third-order valence-corrected chi connectivity index (χ3v) is 3.85. The van der Waals surface area contributed by atoms with Crippen LogP contribution in [0.25, 0.3) is 0 Å². The van der Waals surface area contributed by atoms with Crippen LogP contribution in [0.2, 0.25) is 0 Å². The highest BCUT2D eigenvalue weighted by molar-refractivity contribution is 4.93. The molecule has 1 N–H and O–H groups in total. The fourth-order valence-electron chi connectivity index (χ4n) is 3.04. The van der Waals surface area contributed by atoms with E-state index in [1.165, 1.54) is 32.5 Å². The van der Waals surface area contributed by atoms with E-state index in [1.54, 1.807) is 0 Å². The lowest BCUT2D eigenvalue weighted by Crippen LogP contribution is -2.50. The number of likely N-dealkylation sites (tertiary alicyclic amines) is 1. The molecule has 2 fully saturated rings. The summed E-state index contributed by atoms with van der Waals surface area (Å²) in [6.07, 6.45) is 2.77. The molecule has 3 atom stereocenters. The van der Waals surface area contributed by atoms with Crippen molar-refractivity contribution in [2.45, 2.75) is 38.8 Å². The highest BCUT2D eigenvalue weighted by atomic mass is 16.5. The van der Waals surface area contributed by atoms with Gasteiger partial charge in [-0.2, -0.15) is 0 Å². The van der Waals surface area contributed by atoms with Crippen molar-refractivity contribution in [1.29, 1.82) is 0 Å². The smallest absolute Gasteiger partial charge is 0.0619 e. The first-order valence-electron chi connectivity index (χ1n) is 6.37. The van der Waals surface area contributed by atoms with Crippen molar-refractivity contribution in [3.8, 4) is 0 Å². The number of ether oxygens (including phenoxy) is 1. The molecule has 0 aromatic carbocycles. The van der Waals surface area contributed by atoms with Crippen LogP contribution in [-0.4, -0.2) is 49.8 Å². The van der Waals surface area contributed by atoms with Crippen LogP contribution in [0.3, 0.4) is 0 Å². The molecule has 0 bridgehead atoms. The molecule has 15 heavy (non-hydrogen) atoms. The summed E-state index contributed by atoms with van der Waals surface area (Å²) in [6, 6.07) is 1.35. The molecule has 3 heteroatoms. The molecule has 2 saturated heterocycles. The zero-order valence-electron chi connectivity index (χ0n) is 10.0. The Hall–Kier alpha value is -0.120. The Labute approximate surface area is 93.2 Å². The van der Waals surface area contributed by atoms with Crippen LogP contribution < -0.4 is 5.32 Å². The molecule has 0 saturated carbocycles. The van der Waals surface area contributed by atoms with Gasteiger partial charge in [0.05, 0.1) is 6.61 Å². The SMILES string of the molecule is CCOCC(C)N1CCCC2CNCC21. The highest BCUT2D eigenvalue weighted by Crippen LogP contribution is 2.27. The van der Waals surface area contributed by atoms with Gasteiger partial charge in [-0.3, -0.25) is 4.90 Å². The summed E-state index contributed by atoms with van der Waals surface area (Å²) in [4.78, 5) is 2.66. The minimum Gasteiger partial charge on any atom is -0.380 e. The van der Waals surface area contributed by atoms with Gasteiger partial charge in [-0.15, -0.1) is 0 Å². The number of hydrogen-bond donors (Lipinski definition) is 1. The summed E-state index contributed by atoms with van der Waals surface area (Å²) < 4.78 is 5.53. The second kappa shape index (κ2) is 5.28. The first-order valence-corrected chi connectivity index (χ1v) is 6.37. The molecular formula is C12H24N2O. The van der Waals surface area contributed by atoms with Crippen molar-refractivity contribution in [2.75, 3.05) is 32.8 Å². The minimum absolute atomic E-state index is 0.581. The Morgan fingerprint density at radius 1 is 1.47 bits per heavy atom. The van der Waals surface area contributed by atoms with E-state index in [4.69, 9.17) is 4.74 Å². The maximum Gasteiger partial charge on any atom is 0.0619 e. The fourth-order valence-corrected chi connectivity index (χ4v) is 3.04. The van der Waals surface area contributed by atoms with Gasteiger partial charge in [-0.05, 0) is 45.7 Å². The van der Waals surface area contributed by atoms with E-state index in [0.717, 1.165) is 25.2 Å². The van der Waals surface area contributed by atoms with Crippen molar-refractivity contribution < 1.29 is 4.74 Å². The Bertz CT molecular complexity index is 198. The van der Waals surface area contributed by atoms with Crippen LogP contribution in [0.4, 0.5) is 0 Å². The van der Waals surface area contributed by atoms with Gasteiger partial charge in [0, 0.05) is 25.2 Å². The van der Waals surface area contributed by atoms with E-state index in [0.29, 0.717) is 6.04 Å². The number of nitrogens with zero attached hydrogens (tertiary/aromatic N) is 1. The van der Waals surface area contributed by atoms with Crippen molar-refractivity contribution in [3.63, 3.8) is 0 Å². The third-order valence-electron chi connectivity index (χ3n) is 3.85. The van der Waals surface area contributed by atoms with Gasteiger partial charge in [-0.1, -0.05) is 0 Å². The van der Waals surface area contributed by atoms with Crippen LogP contribution in [0, 0.1) is 5.92 Å². The molecule has 0 spiro atoms. The van der Waals surface area contributed by atoms with Gasteiger partial charge >= 0.3 is 0 Å². The molecule has 0 amide bonds. The van der Waals surface area contributed by atoms with E-state index in [2.05, 4.69) is 24.1 Å². The van der Waals surface area contributed by atoms with Crippen LogP contribution in [0.15, 0.2) is 0 Å². The summed E-state index contributed by atoms with van der Waals surface area (Å²) in [5, 5.41) is 3.52. The summed E-state index contributed by atoms with van der Waals surface area (Å²) in [5.74, 6) is 0.892. The summed E-state index contributed by atoms with van der Waals surface area (Å²) >= 11 is 0. The molecule has 2 rings (SSSR count). The monoisotopic (exact) mass is 212 g/mol. The lowest BCUT2D eigenvalue weighted by Gasteiger charge is -2.40. The van der Waals surface area contributed by atoms with E-state index in [9.17, 15) is 0 Å². The summed E-state index contributed by atoms with van der Waals surface area (Å²) in [7, 11) is 0. The molecular weight excluding hydrogens is 188 g/mol. The molecule has 0 aliphatic carbocycles. The molecule has 2 aliphatic rings. The second-order valence-corrected chi connectivity index (χ2v) is 4.87. The van der Waals surface area contributed by atoms with Crippen molar-refractivity contribution >= 4 is 0 Å². The van der Waals surface area contributed by atoms with Gasteiger partial charge in [0.1, 0.15) is 0 Å². The lowest BCUT2D eigenvalue weighted by molar-refractivity contribution is 0.0261. The van der Waals surface area contributed by atoms with Gasteiger partial charge in [0.2, 0.25) is 0 Å². The third kappa shape index (κ3) is 2.52. The molecule has 3 nitrogen and oxygen atoms in total. The number of hydrogen-bond acceptors (Lipinski definition) is 3. The standard InChI is InChI=1S/C12H24N2O/c1-3-15-9-10(2)14-6-4-5-11-7-13-8-12(11)14/h10-13H,3-9H2,1-2H3. The molecule has 88 valence electrons. The molecule has 2 aliphatic heterocycles. The molecule has 0 radical (unpaired) electrons. The maximum atomic E-state index is 5.53. The average Bonchev–Trinajstić information content (AvgIpc) is 2.73. The predicted octanol–water partition coefficient (Wildman–Crippen LogP) is 1.10. The van der Waals surface area contributed by atoms with E-state index in [-0.39, 0.29) is 0 Å². The van der Waals surface area contributed by atoms with Crippen molar-refractivity contribution in [1.82, 2.24) is 10.2 Å². The zero-order chi connectivity index (χ0) is 10.7. The lowest BCUT2D eigenvalue weighted by atomic mass is 9.91. The molecule has 3 unspecified atom stereocenters. The van der Waals surface area contributed by atoms with E-state index in [1.807, 2.05) is 0 Å². The topological polar surface area (TPSA) is 24.5 Å². The Morgan fingerprint density at radius 2 is 2.33 bits per heavy atom. The second-order valence-electron chi connectivity index (χ2n) is 4.87. The summed E-state index contributed by atoms with van der Waals surface area (Å²) in [5.41, 5.74) is 0. The molecule has 0 aromatic heterocycles. The van der Waals surface area contributed by atoms with Gasteiger partial charge in [-0.25, -0.2) is 0 Å². The number of fused-ring (bicyclic) bond motifs is 1. The van der Waals surface area contributed by atoms with Crippen molar-refractivity contribution in [2.24, 2.45) is 5.92 Å². The Morgan fingerprint density at radius 3 is 3.13 bits per heavy atom. The number of rotatable bonds is 4. The zero-order valence-corrected chi connectivity index (χ0v) is 10.0. The molecule has 2 heterocycles. The van der Waals surface area contributed by atoms with Crippen LogP contribution in [-0.2, 0) is 4.74 Å². The minimum atomic E-state index is 0.581. The van der Waals surface area contributed by atoms with Crippen LogP contribution in [0.5, 0.6) is 0 Å². The normalized spacial score (nSPS) is 34.0. The number of nitrogens with one attached hydrogen (secondary N) is 1. The first-order chi connectivity index (χ1) is 7.33. The van der Waals surface area contributed by atoms with Gasteiger partial charge < -0.3 is 10.1 Å². The Balaban J connectivity index is 1.89. The van der Waals surface area contributed by atoms with Gasteiger partial charge in [0.25, 0.3) is 0 Å². The predicted molar refractivity (Wildman–Crippen MR) is 62.0 cm³/mol. The van der Waals surface area contributed by atoms with Gasteiger partial charge in [0.15, 0.2) is 0 Å². The fraction of sp³-hybridized carbons (Fsp3) is 1.00. The first kappa shape index (κ1) is 11.4. The quantitative estimate of drug-likeness (QED) is 0.755. The van der Waals surface area contributed by atoms with E-state index >= 15 is 0 Å². The Kier molecular flexibility index (Phi) is 4.00.